The number of rotatable bonds is 3. The number of hydrogen-bond donors (Lipinski definition) is 1. The van der Waals surface area contributed by atoms with Crippen molar-refractivity contribution in [2.75, 3.05) is 26.2 Å². The Morgan fingerprint density at radius 2 is 1.81 bits per heavy atom. The van der Waals surface area contributed by atoms with Crippen LogP contribution >= 0.6 is 24.8 Å². The van der Waals surface area contributed by atoms with E-state index in [0.717, 1.165) is 54.9 Å². The number of amides is 1. The molecule has 2 aromatic rings. The van der Waals surface area contributed by atoms with Gasteiger partial charge in [0.15, 0.2) is 0 Å². The second-order valence-electron chi connectivity index (χ2n) is 7.62. The number of piperidine rings is 2. The SMILES string of the molecule is Cc1cccn2c(CC(=O)N3CCC(C4CCNCC4)CC3)cnc12.Cl.Cl. The molecule has 4 heterocycles. The van der Waals surface area contributed by atoms with Gasteiger partial charge in [0.05, 0.1) is 12.1 Å². The Hall–Kier alpha value is -1.30. The number of nitrogens with zero attached hydrogens (tertiary/aromatic N) is 3. The summed E-state index contributed by atoms with van der Waals surface area (Å²) in [4.78, 5) is 19.3. The average molecular weight is 413 g/mol. The molecule has 2 aromatic heterocycles. The van der Waals surface area contributed by atoms with Crippen molar-refractivity contribution < 1.29 is 4.79 Å². The fraction of sp³-hybridized carbons (Fsp3) is 0.600. The summed E-state index contributed by atoms with van der Waals surface area (Å²) >= 11 is 0. The van der Waals surface area contributed by atoms with Gasteiger partial charge in [-0.1, -0.05) is 6.07 Å². The number of imidazole rings is 1. The van der Waals surface area contributed by atoms with Gasteiger partial charge in [0.25, 0.3) is 0 Å². The Balaban J connectivity index is 0.00000131. The summed E-state index contributed by atoms with van der Waals surface area (Å²) in [6.45, 7) is 6.22. The number of hydrogen-bond acceptors (Lipinski definition) is 3. The summed E-state index contributed by atoms with van der Waals surface area (Å²) in [5.74, 6) is 1.91. The van der Waals surface area contributed by atoms with E-state index in [1.54, 1.807) is 0 Å². The van der Waals surface area contributed by atoms with Crippen LogP contribution in [0.1, 0.15) is 36.9 Å². The molecule has 2 fully saturated rings. The molecule has 0 spiro atoms. The lowest BCUT2D eigenvalue weighted by Gasteiger charge is -2.37. The fourth-order valence-corrected chi connectivity index (χ4v) is 4.54. The molecular weight excluding hydrogens is 383 g/mol. The van der Waals surface area contributed by atoms with Gasteiger partial charge in [-0.2, -0.15) is 0 Å². The number of likely N-dealkylation sites (tertiary alicyclic amines) is 1. The third kappa shape index (κ3) is 4.76. The van der Waals surface area contributed by atoms with Crippen LogP contribution in [0.4, 0.5) is 0 Å². The molecule has 0 atom stereocenters. The van der Waals surface area contributed by atoms with Crippen molar-refractivity contribution in [3.63, 3.8) is 0 Å². The second kappa shape index (κ2) is 9.76. The molecular formula is C20H30Cl2N4O. The van der Waals surface area contributed by atoms with E-state index in [0.29, 0.717) is 6.42 Å². The Labute approximate surface area is 173 Å². The zero-order valence-electron chi connectivity index (χ0n) is 15.9. The summed E-state index contributed by atoms with van der Waals surface area (Å²) in [6.07, 6.45) is 9.25. The van der Waals surface area contributed by atoms with Gasteiger partial charge < -0.3 is 14.6 Å². The molecule has 0 aliphatic carbocycles. The zero-order valence-corrected chi connectivity index (χ0v) is 17.5. The van der Waals surface area contributed by atoms with Gasteiger partial charge in [-0.25, -0.2) is 4.98 Å². The maximum absolute atomic E-state index is 12.8. The third-order valence-electron chi connectivity index (χ3n) is 6.08. The normalized spacial score (nSPS) is 18.8. The van der Waals surface area contributed by atoms with Crippen molar-refractivity contribution in [3.05, 3.63) is 35.8 Å². The van der Waals surface area contributed by atoms with E-state index in [4.69, 9.17) is 0 Å². The molecule has 0 radical (unpaired) electrons. The highest BCUT2D eigenvalue weighted by molar-refractivity contribution is 5.85. The maximum atomic E-state index is 12.8. The summed E-state index contributed by atoms with van der Waals surface area (Å²) in [7, 11) is 0. The van der Waals surface area contributed by atoms with Gasteiger partial charge >= 0.3 is 0 Å². The van der Waals surface area contributed by atoms with Crippen LogP contribution in [0.25, 0.3) is 5.65 Å². The quantitative estimate of drug-likeness (QED) is 0.841. The first kappa shape index (κ1) is 22.0. The Morgan fingerprint density at radius 3 is 2.52 bits per heavy atom. The molecule has 0 unspecified atom stereocenters. The second-order valence-corrected chi connectivity index (χ2v) is 7.62. The Bertz CT molecular complexity index is 750. The van der Waals surface area contributed by atoms with Crippen LogP contribution in [-0.2, 0) is 11.2 Å². The van der Waals surface area contributed by atoms with Gasteiger partial charge in [0.1, 0.15) is 5.65 Å². The van der Waals surface area contributed by atoms with E-state index >= 15 is 0 Å². The van der Waals surface area contributed by atoms with E-state index in [9.17, 15) is 4.79 Å². The van der Waals surface area contributed by atoms with Gasteiger partial charge in [-0.05, 0) is 69.2 Å². The molecule has 5 nitrogen and oxygen atoms in total. The third-order valence-corrected chi connectivity index (χ3v) is 6.08. The van der Waals surface area contributed by atoms with E-state index in [1.165, 1.54) is 25.7 Å². The van der Waals surface area contributed by atoms with Gasteiger partial charge in [-0.15, -0.1) is 24.8 Å². The van der Waals surface area contributed by atoms with Crippen molar-refractivity contribution in [1.82, 2.24) is 19.6 Å². The molecule has 2 aliphatic heterocycles. The highest BCUT2D eigenvalue weighted by atomic mass is 35.5. The minimum absolute atomic E-state index is 0. The summed E-state index contributed by atoms with van der Waals surface area (Å²) in [6, 6.07) is 4.07. The molecule has 0 saturated carbocycles. The van der Waals surface area contributed by atoms with Crippen molar-refractivity contribution in [1.29, 1.82) is 0 Å². The number of nitrogens with one attached hydrogen (secondary N) is 1. The molecule has 0 bridgehead atoms. The van der Waals surface area contributed by atoms with Crippen LogP contribution < -0.4 is 5.32 Å². The molecule has 7 heteroatoms. The lowest BCUT2D eigenvalue weighted by atomic mass is 9.79. The number of fused-ring (bicyclic) bond motifs is 1. The van der Waals surface area contributed by atoms with Crippen molar-refractivity contribution in [2.45, 2.75) is 39.0 Å². The molecule has 4 rings (SSSR count). The molecule has 2 saturated heterocycles. The minimum Gasteiger partial charge on any atom is -0.342 e. The van der Waals surface area contributed by atoms with Crippen molar-refractivity contribution in [2.24, 2.45) is 11.8 Å². The maximum Gasteiger partial charge on any atom is 0.228 e. The largest absolute Gasteiger partial charge is 0.342 e. The Kier molecular flexibility index (Phi) is 7.95. The summed E-state index contributed by atoms with van der Waals surface area (Å²) in [5.41, 5.74) is 3.09. The van der Waals surface area contributed by atoms with Gasteiger partial charge in [0.2, 0.25) is 5.91 Å². The lowest BCUT2D eigenvalue weighted by Crippen LogP contribution is -2.42. The Morgan fingerprint density at radius 1 is 1.15 bits per heavy atom. The monoisotopic (exact) mass is 412 g/mol. The molecule has 1 N–H and O–H groups in total. The van der Waals surface area contributed by atoms with Crippen LogP contribution in [-0.4, -0.2) is 46.4 Å². The smallest absolute Gasteiger partial charge is 0.228 e. The first-order chi connectivity index (χ1) is 12.2. The van der Waals surface area contributed by atoms with E-state index in [2.05, 4.69) is 32.6 Å². The van der Waals surface area contributed by atoms with Gasteiger partial charge in [-0.3, -0.25) is 4.79 Å². The minimum atomic E-state index is 0. The lowest BCUT2D eigenvalue weighted by molar-refractivity contribution is -0.132. The fourth-order valence-electron chi connectivity index (χ4n) is 4.54. The summed E-state index contributed by atoms with van der Waals surface area (Å²) < 4.78 is 2.05. The standard InChI is InChI=1S/C20H28N4O.2ClH/c1-15-3-2-10-24-18(14-22-20(15)24)13-19(25)23-11-6-17(7-12-23)16-4-8-21-9-5-16;;/h2-3,10,14,16-17,21H,4-9,11-13H2,1H3;2*1H. The average Bonchev–Trinajstić information content (AvgIpc) is 3.07. The first-order valence-electron chi connectivity index (χ1n) is 9.62. The van der Waals surface area contributed by atoms with Crippen LogP contribution in [0, 0.1) is 18.8 Å². The van der Waals surface area contributed by atoms with Crippen LogP contribution in [0.3, 0.4) is 0 Å². The van der Waals surface area contributed by atoms with Crippen LogP contribution in [0.15, 0.2) is 24.5 Å². The number of aromatic nitrogens is 2. The predicted molar refractivity (Wildman–Crippen MR) is 113 cm³/mol. The number of pyridine rings is 1. The van der Waals surface area contributed by atoms with Gasteiger partial charge in [0, 0.05) is 25.5 Å². The highest BCUT2D eigenvalue weighted by Gasteiger charge is 2.29. The van der Waals surface area contributed by atoms with E-state index < -0.39 is 0 Å². The topological polar surface area (TPSA) is 49.6 Å². The number of aryl methyl sites for hydroxylation is 1. The number of carbonyl (C=O) groups excluding carboxylic acids is 1. The molecule has 150 valence electrons. The van der Waals surface area contributed by atoms with Crippen molar-refractivity contribution >= 4 is 36.4 Å². The molecule has 2 aliphatic rings. The summed E-state index contributed by atoms with van der Waals surface area (Å²) in [5, 5.41) is 3.45. The van der Waals surface area contributed by atoms with Crippen LogP contribution in [0.2, 0.25) is 0 Å². The molecule has 27 heavy (non-hydrogen) atoms. The van der Waals surface area contributed by atoms with Crippen LogP contribution in [0.5, 0.6) is 0 Å². The zero-order chi connectivity index (χ0) is 17.2. The molecule has 0 aromatic carbocycles. The number of carbonyl (C=O) groups is 1. The molecule has 1 amide bonds. The highest BCUT2D eigenvalue weighted by Crippen LogP contribution is 2.31. The number of halogens is 2. The van der Waals surface area contributed by atoms with Crippen molar-refractivity contribution in [3.8, 4) is 0 Å². The van der Waals surface area contributed by atoms with E-state index in [1.807, 2.05) is 18.5 Å². The predicted octanol–water partition coefficient (Wildman–Crippen LogP) is 3.27. The van der Waals surface area contributed by atoms with E-state index in [-0.39, 0.29) is 30.7 Å². The first-order valence-corrected chi connectivity index (χ1v) is 9.62.